The number of hydrogen-bond acceptors (Lipinski definition) is 4. The summed E-state index contributed by atoms with van der Waals surface area (Å²) in [5.74, 6) is -0.900. The largest absolute Gasteiger partial charge is 0.477 e. The second kappa shape index (κ2) is 6.70. The molecule has 0 aliphatic carbocycles. The number of carbonyl (C=O) groups is 2. The van der Waals surface area contributed by atoms with Gasteiger partial charge in [0.05, 0.1) is 12.1 Å². The maximum absolute atomic E-state index is 12.2. The number of aromatic carboxylic acids is 1. The number of nitrogens with one attached hydrogen (secondary N) is 1. The van der Waals surface area contributed by atoms with Crippen LogP contribution < -0.4 is 5.32 Å². The molecule has 2 aromatic rings. The molecule has 1 aromatic heterocycles. The summed E-state index contributed by atoms with van der Waals surface area (Å²) in [6.07, 6.45) is 0.0746. The molecule has 0 radical (unpaired) electrons. The fourth-order valence-corrected chi connectivity index (χ4v) is 3.07. The molecular formula is C16H18N2O3S. The van der Waals surface area contributed by atoms with Gasteiger partial charge < -0.3 is 10.4 Å². The lowest BCUT2D eigenvalue weighted by molar-refractivity contribution is -0.115. The topological polar surface area (TPSA) is 79.3 Å². The third-order valence-electron chi connectivity index (χ3n) is 3.20. The molecule has 0 atom stereocenters. The average Bonchev–Trinajstić information content (AvgIpc) is 2.79. The predicted molar refractivity (Wildman–Crippen MR) is 86.7 cm³/mol. The number of anilines is 1. The van der Waals surface area contributed by atoms with Crippen molar-refractivity contribution in [1.82, 2.24) is 4.98 Å². The van der Waals surface area contributed by atoms with Gasteiger partial charge in [-0.3, -0.25) is 4.79 Å². The van der Waals surface area contributed by atoms with Crippen LogP contribution in [0.2, 0.25) is 0 Å². The zero-order valence-corrected chi connectivity index (χ0v) is 13.5. The number of carboxylic acids is 1. The van der Waals surface area contributed by atoms with E-state index in [1.807, 2.05) is 24.3 Å². The first-order valence-corrected chi connectivity index (χ1v) is 7.78. The standard InChI is InChI=1S/C16H18N2O3S/c1-9(2)11-6-4-5-7-12(11)18-13(19)8-14-17-10(3)15(22-14)16(20)21/h4-7,9H,8H2,1-3H3,(H,18,19)(H,20,21). The van der Waals surface area contributed by atoms with E-state index < -0.39 is 5.97 Å². The molecule has 5 nitrogen and oxygen atoms in total. The Hall–Kier alpha value is -2.21. The van der Waals surface area contributed by atoms with E-state index in [0.29, 0.717) is 16.6 Å². The van der Waals surface area contributed by atoms with Crippen molar-refractivity contribution in [2.45, 2.75) is 33.1 Å². The average molecular weight is 318 g/mol. The predicted octanol–water partition coefficient (Wildman–Crippen LogP) is 3.45. The Morgan fingerprint density at radius 2 is 2.00 bits per heavy atom. The molecule has 22 heavy (non-hydrogen) atoms. The highest BCUT2D eigenvalue weighted by atomic mass is 32.1. The second-order valence-corrected chi connectivity index (χ2v) is 6.38. The summed E-state index contributed by atoms with van der Waals surface area (Å²) in [6, 6.07) is 7.66. The van der Waals surface area contributed by atoms with Gasteiger partial charge in [-0.15, -0.1) is 11.3 Å². The number of para-hydroxylation sites is 1. The molecule has 0 bridgehead atoms. The minimum atomic E-state index is -1.01. The van der Waals surface area contributed by atoms with E-state index >= 15 is 0 Å². The minimum Gasteiger partial charge on any atom is -0.477 e. The molecule has 0 aliphatic rings. The van der Waals surface area contributed by atoms with Crippen LogP contribution in [-0.2, 0) is 11.2 Å². The van der Waals surface area contributed by atoms with Gasteiger partial charge in [0.1, 0.15) is 9.88 Å². The van der Waals surface area contributed by atoms with Gasteiger partial charge in [-0.25, -0.2) is 9.78 Å². The van der Waals surface area contributed by atoms with Crippen molar-refractivity contribution in [1.29, 1.82) is 0 Å². The number of carbonyl (C=O) groups excluding carboxylic acids is 1. The van der Waals surface area contributed by atoms with Gasteiger partial charge in [0.25, 0.3) is 0 Å². The lowest BCUT2D eigenvalue weighted by atomic mass is 10.0. The molecule has 6 heteroatoms. The van der Waals surface area contributed by atoms with Gasteiger partial charge in [-0.1, -0.05) is 32.0 Å². The Labute approximate surface area is 133 Å². The Bertz CT molecular complexity index is 707. The highest BCUT2D eigenvalue weighted by molar-refractivity contribution is 7.13. The molecule has 0 saturated carbocycles. The number of thiazole rings is 1. The fraction of sp³-hybridized carbons (Fsp3) is 0.312. The Kier molecular flexibility index (Phi) is 4.92. The molecule has 116 valence electrons. The molecule has 2 rings (SSSR count). The lowest BCUT2D eigenvalue weighted by Crippen LogP contribution is -2.15. The van der Waals surface area contributed by atoms with Crippen molar-refractivity contribution in [3.05, 3.63) is 45.4 Å². The summed E-state index contributed by atoms with van der Waals surface area (Å²) >= 11 is 1.05. The van der Waals surface area contributed by atoms with Gasteiger partial charge in [-0.2, -0.15) is 0 Å². The summed E-state index contributed by atoms with van der Waals surface area (Å²) < 4.78 is 0. The molecule has 0 unspecified atom stereocenters. The summed E-state index contributed by atoms with van der Waals surface area (Å²) in [6.45, 7) is 5.76. The normalized spacial score (nSPS) is 10.7. The van der Waals surface area contributed by atoms with Crippen molar-refractivity contribution >= 4 is 28.9 Å². The van der Waals surface area contributed by atoms with Crippen molar-refractivity contribution in [2.24, 2.45) is 0 Å². The summed E-state index contributed by atoms with van der Waals surface area (Å²) in [4.78, 5) is 27.5. The third kappa shape index (κ3) is 3.71. The van der Waals surface area contributed by atoms with Crippen LogP contribution in [0.5, 0.6) is 0 Å². The zero-order chi connectivity index (χ0) is 16.3. The number of aromatic nitrogens is 1. The van der Waals surface area contributed by atoms with Gasteiger partial charge in [-0.05, 0) is 24.5 Å². The first-order chi connectivity index (χ1) is 10.4. The Morgan fingerprint density at radius 1 is 1.32 bits per heavy atom. The lowest BCUT2D eigenvalue weighted by Gasteiger charge is -2.13. The van der Waals surface area contributed by atoms with Crippen molar-refractivity contribution in [3.63, 3.8) is 0 Å². The SMILES string of the molecule is Cc1nc(CC(=O)Nc2ccccc2C(C)C)sc1C(=O)O. The van der Waals surface area contributed by atoms with Gasteiger partial charge >= 0.3 is 5.97 Å². The smallest absolute Gasteiger partial charge is 0.347 e. The highest BCUT2D eigenvalue weighted by Crippen LogP contribution is 2.24. The number of rotatable bonds is 5. The number of benzene rings is 1. The fourth-order valence-electron chi connectivity index (χ4n) is 2.17. The second-order valence-electron chi connectivity index (χ2n) is 5.29. The summed E-state index contributed by atoms with van der Waals surface area (Å²) in [7, 11) is 0. The Balaban J connectivity index is 2.11. The van der Waals surface area contributed by atoms with Crippen LogP contribution in [-0.4, -0.2) is 22.0 Å². The highest BCUT2D eigenvalue weighted by Gasteiger charge is 2.16. The van der Waals surface area contributed by atoms with Crippen LogP contribution in [0.3, 0.4) is 0 Å². The van der Waals surface area contributed by atoms with E-state index in [9.17, 15) is 9.59 Å². The number of aryl methyl sites for hydroxylation is 1. The third-order valence-corrected chi connectivity index (χ3v) is 4.35. The molecule has 0 saturated heterocycles. The van der Waals surface area contributed by atoms with Gasteiger partial charge in [0, 0.05) is 5.69 Å². The quantitative estimate of drug-likeness (QED) is 0.885. The van der Waals surface area contributed by atoms with E-state index in [2.05, 4.69) is 24.1 Å². The maximum Gasteiger partial charge on any atom is 0.347 e. The van der Waals surface area contributed by atoms with Crippen LogP contribution >= 0.6 is 11.3 Å². The number of amides is 1. The zero-order valence-electron chi connectivity index (χ0n) is 12.7. The molecular weight excluding hydrogens is 300 g/mol. The van der Waals surface area contributed by atoms with Crippen molar-refractivity contribution < 1.29 is 14.7 Å². The summed E-state index contributed by atoms with van der Waals surface area (Å²) in [5.41, 5.74) is 2.30. The van der Waals surface area contributed by atoms with Crippen LogP contribution in [0, 0.1) is 6.92 Å². The van der Waals surface area contributed by atoms with E-state index in [1.54, 1.807) is 6.92 Å². The minimum absolute atomic E-state index is 0.0746. The van der Waals surface area contributed by atoms with Crippen LogP contribution in [0.25, 0.3) is 0 Å². The molecule has 1 amide bonds. The number of carboxylic acid groups (broad SMARTS) is 1. The molecule has 2 N–H and O–H groups in total. The van der Waals surface area contributed by atoms with E-state index in [4.69, 9.17) is 5.11 Å². The van der Waals surface area contributed by atoms with Crippen molar-refractivity contribution in [2.75, 3.05) is 5.32 Å². The monoisotopic (exact) mass is 318 g/mol. The van der Waals surface area contributed by atoms with E-state index in [1.165, 1.54) is 0 Å². The molecule has 0 spiro atoms. The molecule has 1 aromatic carbocycles. The van der Waals surface area contributed by atoms with Crippen LogP contribution in [0.4, 0.5) is 5.69 Å². The molecule has 1 heterocycles. The maximum atomic E-state index is 12.2. The number of nitrogens with zero attached hydrogens (tertiary/aromatic N) is 1. The van der Waals surface area contributed by atoms with E-state index in [0.717, 1.165) is 22.6 Å². The first kappa shape index (κ1) is 16.2. The van der Waals surface area contributed by atoms with Crippen molar-refractivity contribution in [3.8, 4) is 0 Å². The van der Waals surface area contributed by atoms with Gasteiger partial charge in [0.2, 0.25) is 5.91 Å². The van der Waals surface area contributed by atoms with E-state index in [-0.39, 0.29) is 17.2 Å². The molecule has 0 fully saturated rings. The summed E-state index contributed by atoms with van der Waals surface area (Å²) in [5, 5.41) is 12.4. The van der Waals surface area contributed by atoms with Gasteiger partial charge in [0.15, 0.2) is 0 Å². The van der Waals surface area contributed by atoms with Crippen LogP contribution in [0.1, 0.15) is 45.7 Å². The molecule has 0 aliphatic heterocycles. The number of hydrogen-bond donors (Lipinski definition) is 2. The first-order valence-electron chi connectivity index (χ1n) is 6.97. The van der Waals surface area contributed by atoms with Crippen LogP contribution in [0.15, 0.2) is 24.3 Å². The Morgan fingerprint density at radius 3 is 2.59 bits per heavy atom.